The van der Waals surface area contributed by atoms with Crippen molar-refractivity contribution in [3.63, 3.8) is 0 Å². The van der Waals surface area contributed by atoms with Gasteiger partial charge in [0, 0.05) is 29.6 Å². The van der Waals surface area contributed by atoms with Crippen LogP contribution in [0.5, 0.6) is 5.75 Å². The van der Waals surface area contributed by atoms with Gasteiger partial charge in [-0.2, -0.15) is 0 Å². The molecule has 1 spiro atoms. The van der Waals surface area contributed by atoms with Gasteiger partial charge in [0.05, 0.1) is 19.3 Å². The molecule has 0 radical (unpaired) electrons. The molecule has 1 N–H and O–H groups in total. The summed E-state index contributed by atoms with van der Waals surface area (Å²) in [6.07, 6.45) is 0. The number of benzene rings is 3. The number of amides is 3. The molecule has 0 aliphatic carbocycles. The number of anilines is 2. The van der Waals surface area contributed by atoms with Crippen LogP contribution in [0.2, 0.25) is 0 Å². The zero-order valence-electron chi connectivity index (χ0n) is 19.5. The molecule has 34 heavy (non-hydrogen) atoms. The van der Waals surface area contributed by atoms with Crippen molar-refractivity contribution in [1.82, 2.24) is 4.90 Å². The minimum atomic E-state index is -1.07. The van der Waals surface area contributed by atoms with Crippen molar-refractivity contribution >= 4 is 35.1 Å². The molecule has 0 aromatic heterocycles. The predicted octanol–water partition coefficient (Wildman–Crippen LogP) is 5.29. The first kappa shape index (κ1) is 22.3. The van der Waals surface area contributed by atoms with Gasteiger partial charge < -0.3 is 15.0 Å². The third kappa shape index (κ3) is 3.70. The summed E-state index contributed by atoms with van der Waals surface area (Å²) in [4.78, 5) is 30.0. The molecule has 7 heteroatoms. The Bertz CT molecular complexity index is 1260. The number of rotatable bonds is 4. The number of urea groups is 1. The lowest BCUT2D eigenvalue weighted by Gasteiger charge is -2.33. The molecule has 0 unspecified atom stereocenters. The van der Waals surface area contributed by atoms with E-state index in [9.17, 15) is 9.59 Å². The summed E-state index contributed by atoms with van der Waals surface area (Å²) < 4.78 is 5.28. The quantitative estimate of drug-likeness (QED) is 0.559. The maximum atomic E-state index is 14.1. The second-order valence-corrected chi connectivity index (χ2v) is 9.99. The number of nitrogens with zero attached hydrogens (tertiary/aromatic N) is 2. The van der Waals surface area contributed by atoms with Crippen LogP contribution in [-0.2, 0) is 16.2 Å². The van der Waals surface area contributed by atoms with Crippen molar-refractivity contribution in [3.8, 4) is 5.75 Å². The van der Waals surface area contributed by atoms with E-state index >= 15 is 0 Å². The Balaban J connectivity index is 1.51. The fourth-order valence-corrected chi connectivity index (χ4v) is 6.11. The van der Waals surface area contributed by atoms with Crippen LogP contribution >= 0.6 is 11.8 Å². The van der Waals surface area contributed by atoms with Gasteiger partial charge in [-0.05, 0) is 37.6 Å². The number of aryl methyl sites for hydroxylation is 2. The summed E-state index contributed by atoms with van der Waals surface area (Å²) in [5, 5.41) is 2.97. The summed E-state index contributed by atoms with van der Waals surface area (Å²) in [5.41, 5.74) is 5.66. The highest BCUT2D eigenvalue weighted by Gasteiger charge is 2.59. The zero-order chi connectivity index (χ0) is 23.9. The molecule has 2 aliphatic heterocycles. The molecule has 3 amide bonds. The van der Waals surface area contributed by atoms with Crippen LogP contribution in [0, 0.1) is 13.8 Å². The van der Waals surface area contributed by atoms with Crippen molar-refractivity contribution in [2.24, 2.45) is 0 Å². The number of methoxy groups -OCH3 is 1. The van der Waals surface area contributed by atoms with E-state index in [1.807, 2.05) is 55.1 Å². The summed E-state index contributed by atoms with van der Waals surface area (Å²) in [7, 11) is 1.59. The Kier molecular flexibility index (Phi) is 5.73. The molecule has 2 heterocycles. The van der Waals surface area contributed by atoms with Gasteiger partial charge in [0.1, 0.15) is 5.75 Å². The van der Waals surface area contributed by atoms with E-state index in [1.165, 1.54) is 17.3 Å². The second-order valence-electron chi connectivity index (χ2n) is 8.70. The van der Waals surface area contributed by atoms with Gasteiger partial charge in [0.2, 0.25) is 0 Å². The molecule has 1 atom stereocenters. The van der Waals surface area contributed by atoms with E-state index in [0.717, 1.165) is 22.4 Å². The van der Waals surface area contributed by atoms with Gasteiger partial charge >= 0.3 is 6.03 Å². The summed E-state index contributed by atoms with van der Waals surface area (Å²) >= 11 is 1.53. The molecular weight excluding hydrogens is 446 g/mol. The normalized spacial score (nSPS) is 19.0. The SMILES string of the molecule is COc1cccc(NC(=O)N2CCS[C@@]23C(=O)N(Cc2ccc(C)cc2)c2ccc(C)cc23)c1. The molecule has 0 saturated carbocycles. The Labute approximate surface area is 203 Å². The monoisotopic (exact) mass is 473 g/mol. The molecule has 3 aromatic rings. The van der Waals surface area contributed by atoms with Gasteiger partial charge in [0.15, 0.2) is 4.87 Å². The summed E-state index contributed by atoms with van der Waals surface area (Å²) in [6.45, 7) is 5.01. The van der Waals surface area contributed by atoms with E-state index in [-0.39, 0.29) is 11.9 Å². The van der Waals surface area contributed by atoms with Crippen LogP contribution in [-0.4, -0.2) is 36.2 Å². The molecule has 0 bridgehead atoms. The lowest BCUT2D eigenvalue weighted by atomic mass is 10.0. The summed E-state index contributed by atoms with van der Waals surface area (Å²) in [5.74, 6) is 1.27. The molecule has 174 valence electrons. The first-order valence-electron chi connectivity index (χ1n) is 11.3. The van der Waals surface area contributed by atoms with Crippen LogP contribution in [0.25, 0.3) is 0 Å². The van der Waals surface area contributed by atoms with Crippen molar-refractivity contribution in [3.05, 3.63) is 89.0 Å². The Morgan fingerprint density at radius 2 is 1.82 bits per heavy atom. The van der Waals surface area contributed by atoms with E-state index in [0.29, 0.717) is 30.3 Å². The number of hydrogen-bond acceptors (Lipinski definition) is 4. The zero-order valence-corrected chi connectivity index (χ0v) is 20.3. The lowest BCUT2D eigenvalue weighted by Crippen LogP contribution is -2.51. The van der Waals surface area contributed by atoms with Gasteiger partial charge in [-0.15, -0.1) is 11.8 Å². The number of ether oxygens (including phenoxy) is 1. The highest BCUT2D eigenvalue weighted by molar-refractivity contribution is 8.01. The van der Waals surface area contributed by atoms with Crippen molar-refractivity contribution in [2.45, 2.75) is 25.3 Å². The Morgan fingerprint density at radius 3 is 2.59 bits per heavy atom. The fourth-order valence-electron chi connectivity index (χ4n) is 4.65. The van der Waals surface area contributed by atoms with Gasteiger partial charge in [0.25, 0.3) is 5.91 Å². The third-order valence-electron chi connectivity index (χ3n) is 6.38. The standard InChI is InChI=1S/C27H27N3O3S/c1-18-7-10-20(11-8-18)17-29-24-12-9-19(2)15-23(24)27(25(29)31)30(13-14-34-27)26(32)28-21-5-4-6-22(16-21)33-3/h4-12,15-16H,13-14,17H2,1-3H3,(H,28,32)/t27-/m0/s1. The van der Waals surface area contributed by atoms with Crippen LogP contribution < -0.4 is 15.0 Å². The minimum Gasteiger partial charge on any atom is -0.497 e. The Hall–Kier alpha value is -3.45. The first-order valence-corrected chi connectivity index (χ1v) is 12.3. The predicted molar refractivity (Wildman–Crippen MR) is 136 cm³/mol. The third-order valence-corrected chi connectivity index (χ3v) is 7.80. The molecule has 5 rings (SSSR count). The maximum absolute atomic E-state index is 14.1. The summed E-state index contributed by atoms with van der Waals surface area (Å²) in [6, 6.07) is 21.2. The number of carbonyl (C=O) groups is 2. The number of fused-ring (bicyclic) bond motifs is 2. The van der Waals surface area contributed by atoms with Gasteiger partial charge in [-0.3, -0.25) is 9.69 Å². The van der Waals surface area contributed by atoms with E-state index < -0.39 is 4.87 Å². The highest BCUT2D eigenvalue weighted by atomic mass is 32.2. The van der Waals surface area contributed by atoms with Crippen LogP contribution in [0.1, 0.15) is 22.3 Å². The lowest BCUT2D eigenvalue weighted by molar-refractivity contribution is -0.123. The molecular formula is C27H27N3O3S. The maximum Gasteiger partial charge on any atom is 0.323 e. The Morgan fingerprint density at radius 1 is 1.06 bits per heavy atom. The van der Waals surface area contributed by atoms with Crippen molar-refractivity contribution in [2.75, 3.05) is 29.6 Å². The number of hydrogen-bond donors (Lipinski definition) is 1. The van der Waals surface area contributed by atoms with Crippen LogP contribution in [0.15, 0.2) is 66.7 Å². The van der Waals surface area contributed by atoms with E-state index in [1.54, 1.807) is 18.1 Å². The molecule has 1 fully saturated rings. The first-order chi connectivity index (χ1) is 16.4. The van der Waals surface area contributed by atoms with E-state index in [4.69, 9.17) is 4.74 Å². The topological polar surface area (TPSA) is 61.9 Å². The van der Waals surface area contributed by atoms with Crippen LogP contribution in [0.3, 0.4) is 0 Å². The van der Waals surface area contributed by atoms with Crippen LogP contribution in [0.4, 0.5) is 16.2 Å². The van der Waals surface area contributed by atoms with Gasteiger partial charge in [-0.1, -0.05) is 53.6 Å². The highest BCUT2D eigenvalue weighted by Crippen LogP contribution is 2.54. The number of thioether (sulfide) groups is 1. The average Bonchev–Trinajstić information content (AvgIpc) is 3.38. The number of carbonyl (C=O) groups excluding carboxylic acids is 2. The average molecular weight is 474 g/mol. The molecule has 6 nitrogen and oxygen atoms in total. The number of nitrogens with one attached hydrogen (secondary N) is 1. The van der Waals surface area contributed by atoms with Gasteiger partial charge in [-0.25, -0.2) is 4.79 Å². The van der Waals surface area contributed by atoms with Crippen molar-refractivity contribution < 1.29 is 14.3 Å². The largest absolute Gasteiger partial charge is 0.497 e. The van der Waals surface area contributed by atoms with E-state index in [2.05, 4.69) is 29.6 Å². The fraction of sp³-hybridized carbons (Fsp3) is 0.259. The minimum absolute atomic E-state index is 0.0723. The molecule has 1 saturated heterocycles. The van der Waals surface area contributed by atoms with Crippen molar-refractivity contribution in [1.29, 1.82) is 0 Å². The molecule has 3 aromatic carbocycles. The second kappa shape index (κ2) is 8.72. The molecule has 2 aliphatic rings. The smallest absolute Gasteiger partial charge is 0.323 e.